The van der Waals surface area contributed by atoms with Gasteiger partial charge in [-0.05, 0) is 39.0 Å². The van der Waals surface area contributed by atoms with Crippen LogP contribution < -0.4 is 16.6 Å². The Bertz CT molecular complexity index is 1070. The number of ether oxygens (including phenoxy) is 1. The number of carboxylic acids is 2. The number of benzene rings is 1. The molecule has 0 radical (unpaired) electrons. The van der Waals surface area contributed by atoms with Crippen LogP contribution in [0.15, 0.2) is 23.0 Å². The summed E-state index contributed by atoms with van der Waals surface area (Å²) in [5.41, 5.74) is 0.543. The van der Waals surface area contributed by atoms with Crippen LogP contribution >= 0.6 is 0 Å². The van der Waals surface area contributed by atoms with Crippen LogP contribution in [0, 0.1) is 5.82 Å². The van der Waals surface area contributed by atoms with E-state index >= 15 is 0 Å². The fourth-order valence-corrected chi connectivity index (χ4v) is 2.56. The third kappa shape index (κ3) is 4.69. The van der Waals surface area contributed by atoms with Crippen molar-refractivity contribution in [1.29, 1.82) is 0 Å². The summed E-state index contributed by atoms with van der Waals surface area (Å²) >= 11 is 0. The molecule has 10 nitrogen and oxygen atoms in total. The number of halogens is 1. The smallest absolute Gasteiger partial charge is 0.412 e. The molecule has 0 aliphatic carbocycles. The van der Waals surface area contributed by atoms with Gasteiger partial charge in [-0.15, -0.1) is 0 Å². The maximum absolute atomic E-state index is 14.0. The van der Waals surface area contributed by atoms with Gasteiger partial charge in [0.1, 0.15) is 28.4 Å². The number of aromatic nitrogens is 1. The van der Waals surface area contributed by atoms with Crippen molar-refractivity contribution >= 4 is 29.5 Å². The minimum absolute atomic E-state index is 0.185. The van der Waals surface area contributed by atoms with Gasteiger partial charge in [0.15, 0.2) is 0 Å². The van der Waals surface area contributed by atoms with Gasteiger partial charge in [-0.2, -0.15) is 0 Å². The van der Waals surface area contributed by atoms with Crippen molar-refractivity contribution in [3.63, 3.8) is 0 Å². The Kier molecular flexibility index (Phi) is 5.63. The van der Waals surface area contributed by atoms with Gasteiger partial charge in [-0.1, -0.05) is 0 Å². The first kappa shape index (κ1) is 21.4. The van der Waals surface area contributed by atoms with E-state index in [1.54, 1.807) is 20.8 Å². The fourth-order valence-electron chi connectivity index (χ4n) is 2.56. The van der Waals surface area contributed by atoms with Crippen molar-refractivity contribution in [2.75, 3.05) is 11.1 Å². The number of amides is 1. The third-order valence-electron chi connectivity index (χ3n) is 3.56. The van der Waals surface area contributed by atoms with Gasteiger partial charge < -0.3 is 25.7 Å². The minimum Gasteiger partial charge on any atom is -0.478 e. The maximum Gasteiger partial charge on any atom is 0.412 e. The van der Waals surface area contributed by atoms with E-state index in [9.17, 15) is 33.8 Å². The molecule has 2 aromatic rings. The topological polar surface area (TPSA) is 172 Å². The number of hydrogen-bond donors (Lipinski definition) is 5. The van der Waals surface area contributed by atoms with Crippen LogP contribution in [-0.4, -0.2) is 38.8 Å². The molecule has 0 aliphatic heterocycles. The molecule has 29 heavy (non-hydrogen) atoms. The number of hydrogen-bond acceptors (Lipinski definition) is 6. The normalized spacial score (nSPS) is 11.0. The van der Waals surface area contributed by atoms with Gasteiger partial charge in [-0.25, -0.2) is 18.8 Å². The number of anilines is 2. The first-order valence-electron chi connectivity index (χ1n) is 8.14. The first-order chi connectivity index (χ1) is 13.3. The molecule has 1 amide bonds. The van der Waals surface area contributed by atoms with Crippen molar-refractivity contribution in [3.05, 3.63) is 45.5 Å². The summed E-state index contributed by atoms with van der Waals surface area (Å²) in [6, 6.07) is 2.80. The Morgan fingerprint density at radius 2 is 1.72 bits per heavy atom. The lowest BCUT2D eigenvalue weighted by atomic mass is 9.94. The number of carbonyl (C=O) groups is 3. The molecular weight excluding hydrogens is 389 g/mol. The van der Waals surface area contributed by atoms with E-state index in [1.165, 1.54) is 0 Å². The van der Waals surface area contributed by atoms with E-state index in [1.807, 2.05) is 4.98 Å². The number of nitrogens with one attached hydrogen (secondary N) is 2. The Labute approximate surface area is 163 Å². The maximum atomic E-state index is 14.0. The lowest BCUT2D eigenvalue weighted by molar-refractivity contribution is 0.0632. The molecule has 1 aromatic carbocycles. The number of carbonyl (C=O) groups excluding carboxylic acids is 1. The summed E-state index contributed by atoms with van der Waals surface area (Å²) in [7, 11) is 0. The second kappa shape index (κ2) is 7.62. The third-order valence-corrected chi connectivity index (χ3v) is 3.56. The van der Waals surface area contributed by atoms with Crippen molar-refractivity contribution in [2.45, 2.75) is 26.4 Å². The molecule has 11 heteroatoms. The molecule has 1 aromatic heterocycles. The average molecular weight is 407 g/mol. The zero-order valence-corrected chi connectivity index (χ0v) is 15.6. The molecule has 0 spiro atoms. The largest absolute Gasteiger partial charge is 0.478 e. The second-order valence-corrected chi connectivity index (χ2v) is 6.92. The van der Waals surface area contributed by atoms with Crippen molar-refractivity contribution < 1.29 is 33.7 Å². The highest BCUT2D eigenvalue weighted by molar-refractivity contribution is 6.09. The summed E-state index contributed by atoms with van der Waals surface area (Å²) < 4.78 is 19.0. The van der Waals surface area contributed by atoms with Crippen molar-refractivity contribution in [3.8, 4) is 11.1 Å². The van der Waals surface area contributed by atoms with Crippen LogP contribution in [0.3, 0.4) is 0 Å². The number of rotatable bonds is 4. The molecule has 0 saturated heterocycles. The van der Waals surface area contributed by atoms with E-state index in [0.29, 0.717) is 0 Å². The minimum atomic E-state index is -1.77. The van der Waals surface area contributed by atoms with Crippen LogP contribution in [-0.2, 0) is 4.74 Å². The quantitative estimate of drug-likeness (QED) is 0.514. The number of carboxylic acid groups (broad SMARTS) is 2. The number of aromatic amines is 1. The molecule has 0 aliphatic rings. The van der Waals surface area contributed by atoms with E-state index < -0.39 is 57.5 Å². The van der Waals surface area contributed by atoms with Gasteiger partial charge in [0, 0.05) is 11.1 Å². The van der Waals surface area contributed by atoms with Crippen LogP contribution in [0.4, 0.5) is 20.7 Å². The van der Waals surface area contributed by atoms with E-state index in [0.717, 1.165) is 18.2 Å². The highest BCUT2D eigenvalue weighted by Gasteiger charge is 2.29. The summed E-state index contributed by atoms with van der Waals surface area (Å²) in [6.45, 7) is 4.79. The first-order valence-corrected chi connectivity index (χ1v) is 8.14. The monoisotopic (exact) mass is 407 g/mol. The van der Waals surface area contributed by atoms with Crippen LogP contribution in [0.1, 0.15) is 41.5 Å². The number of H-pyrrole nitrogens is 1. The lowest BCUT2D eigenvalue weighted by Gasteiger charge is -2.21. The van der Waals surface area contributed by atoms with Crippen molar-refractivity contribution in [1.82, 2.24) is 4.98 Å². The van der Waals surface area contributed by atoms with Gasteiger partial charge in [0.05, 0.1) is 5.69 Å². The van der Waals surface area contributed by atoms with Gasteiger partial charge >= 0.3 is 18.0 Å². The lowest BCUT2D eigenvalue weighted by Crippen LogP contribution is -2.28. The molecule has 0 saturated carbocycles. The molecule has 0 atom stereocenters. The second-order valence-electron chi connectivity index (χ2n) is 6.92. The van der Waals surface area contributed by atoms with Gasteiger partial charge in [-0.3, -0.25) is 10.1 Å². The zero-order valence-electron chi connectivity index (χ0n) is 15.6. The summed E-state index contributed by atoms with van der Waals surface area (Å²) in [6.07, 6.45) is -0.961. The number of pyridine rings is 1. The standard InChI is InChI=1S/C18H18FN3O7/c1-18(2,3)29-17(28)21-9-5-4-7(19)6-8(9)10-11(15(24)25)13(20)22-14(23)12(10)16(26)27/h4-6H,1-3H3,(H,21,28)(H,24,25)(H,26,27)(H3,20,22,23). The molecule has 0 bridgehead atoms. The van der Waals surface area contributed by atoms with E-state index in [4.69, 9.17) is 10.5 Å². The number of aromatic carboxylic acids is 2. The highest BCUT2D eigenvalue weighted by Crippen LogP contribution is 2.35. The van der Waals surface area contributed by atoms with Crippen LogP contribution in [0.2, 0.25) is 0 Å². The molecule has 0 fully saturated rings. The Morgan fingerprint density at radius 1 is 1.14 bits per heavy atom. The predicted octanol–water partition coefficient (Wildman–Crippen LogP) is 2.51. The molecule has 154 valence electrons. The molecule has 6 N–H and O–H groups in total. The highest BCUT2D eigenvalue weighted by atomic mass is 19.1. The van der Waals surface area contributed by atoms with Crippen LogP contribution in [0.25, 0.3) is 11.1 Å². The van der Waals surface area contributed by atoms with E-state index in [-0.39, 0.29) is 11.3 Å². The molecule has 1 heterocycles. The number of nitrogen functional groups attached to an aromatic ring is 1. The summed E-state index contributed by atoms with van der Waals surface area (Å²) in [4.78, 5) is 49.6. The molecule has 2 rings (SSSR count). The van der Waals surface area contributed by atoms with Crippen molar-refractivity contribution in [2.24, 2.45) is 0 Å². The average Bonchev–Trinajstić information content (AvgIpc) is 2.53. The Morgan fingerprint density at radius 3 is 2.24 bits per heavy atom. The molecule has 0 unspecified atom stereocenters. The van der Waals surface area contributed by atoms with Gasteiger partial charge in [0.2, 0.25) is 0 Å². The molecular formula is C18H18FN3O7. The number of nitrogens with two attached hydrogens (primary N) is 1. The van der Waals surface area contributed by atoms with Crippen LogP contribution in [0.5, 0.6) is 0 Å². The summed E-state index contributed by atoms with van der Waals surface area (Å²) in [5.74, 6) is -4.93. The summed E-state index contributed by atoms with van der Waals surface area (Å²) in [5, 5.41) is 21.2. The van der Waals surface area contributed by atoms with Gasteiger partial charge in [0.25, 0.3) is 5.56 Å². The fraction of sp³-hybridized carbons (Fsp3) is 0.222. The predicted molar refractivity (Wildman–Crippen MR) is 101 cm³/mol. The Hall–Kier alpha value is -3.89. The Balaban J connectivity index is 2.83. The SMILES string of the molecule is CC(C)(C)OC(=O)Nc1ccc(F)cc1-c1c(C(=O)O)c(N)[nH]c(=O)c1C(=O)O. The zero-order chi connectivity index (χ0) is 22.1. The van der Waals surface area contributed by atoms with E-state index in [2.05, 4.69) is 5.32 Å².